The summed E-state index contributed by atoms with van der Waals surface area (Å²) in [6.45, 7) is 8.34. The number of furan rings is 1. The van der Waals surface area contributed by atoms with Crippen molar-refractivity contribution in [3.05, 3.63) is 47.2 Å². The highest BCUT2D eigenvalue weighted by molar-refractivity contribution is 5.90. The topological polar surface area (TPSA) is 96.8 Å². The van der Waals surface area contributed by atoms with Crippen LogP contribution in [0.3, 0.4) is 0 Å². The van der Waals surface area contributed by atoms with Crippen LogP contribution in [0.1, 0.15) is 48.0 Å². The second-order valence-corrected chi connectivity index (χ2v) is 7.30. The number of benzene rings is 1. The summed E-state index contributed by atoms with van der Waals surface area (Å²) in [4.78, 5) is 12.4. The van der Waals surface area contributed by atoms with Gasteiger partial charge >= 0.3 is 5.97 Å². The number of aryl methyl sites for hydroxylation is 2. The Morgan fingerprint density at radius 1 is 1.10 bits per heavy atom. The van der Waals surface area contributed by atoms with Crippen LogP contribution in [-0.2, 0) is 11.3 Å². The summed E-state index contributed by atoms with van der Waals surface area (Å²) in [6, 6.07) is 6.73. The van der Waals surface area contributed by atoms with Crippen molar-refractivity contribution in [2.75, 3.05) is 13.7 Å². The molecule has 0 amide bonds. The molecule has 0 N–H and O–H groups in total. The highest BCUT2D eigenvalue weighted by Crippen LogP contribution is 2.29. The Kier molecular flexibility index (Phi) is 6.76. The average molecular weight is 414 g/mol. The first-order valence-corrected chi connectivity index (χ1v) is 9.75. The molecule has 1 aromatic carbocycles. The quantitative estimate of drug-likeness (QED) is 0.463. The minimum Gasteiger partial charge on any atom is -0.493 e. The Bertz CT molecular complexity index is 1000. The van der Waals surface area contributed by atoms with Crippen LogP contribution >= 0.6 is 0 Å². The fourth-order valence-electron chi connectivity index (χ4n) is 2.79. The second kappa shape index (κ2) is 9.47. The minimum atomic E-state index is -0.530. The number of carbonyl (C=O) groups is 1. The number of aromatic nitrogens is 2. The van der Waals surface area contributed by atoms with Crippen LogP contribution in [0.15, 0.2) is 33.1 Å². The van der Waals surface area contributed by atoms with Crippen molar-refractivity contribution in [1.29, 1.82) is 0 Å². The Labute approximate surface area is 175 Å². The van der Waals surface area contributed by atoms with E-state index in [1.807, 2.05) is 19.9 Å². The average Bonchev–Trinajstić information content (AvgIpc) is 3.31. The van der Waals surface area contributed by atoms with Gasteiger partial charge in [-0.1, -0.05) is 13.8 Å². The van der Waals surface area contributed by atoms with Crippen LogP contribution in [0.25, 0.3) is 11.5 Å². The molecule has 3 rings (SSSR count). The number of esters is 1. The summed E-state index contributed by atoms with van der Waals surface area (Å²) in [6.07, 6.45) is 0.928. The number of ether oxygens (including phenoxy) is 3. The molecule has 0 aliphatic heterocycles. The molecule has 0 radical (unpaired) electrons. The third-order valence-electron chi connectivity index (χ3n) is 4.42. The number of carbonyl (C=O) groups excluding carboxylic acids is 1. The predicted octanol–water partition coefficient (Wildman–Crippen LogP) is 4.74. The maximum absolute atomic E-state index is 12.4. The molecule has 0 atom stereocenters. The van der Waals surface area contributed by atoms with Gasteiger partial charge in [0, 0.05) is 0 Å². The Morgan fingerprint density at radius 3 is 2.57 bits per heavy atom. The van der Waals surface area contributed by atoms with E-state index in [1.165, 1.54) is 7.11 Å². The lowest BCUT2D eigenvalue weighted by atomic mass is 10.1. The third kappa shape index (κ3) is 5.20. The predicted molar refractivity (Wildman–Crippen MR) is 109 cm³/mol. The summed E-state index contributed by atoms with van der Waals surface area (Å²) in [5.74, 6) is 3.01. The summed E-state index contributed by atoms with van der Waals surface area (Å²) < 4.78 is 27.4. The Balaban J connectivity index is 1.61. The van der Waals surface area contributed by atoms with E-state index >= 15 is 0 Å². The molecule has 8 heteroatoms. The molecule has 0 fully saturated rings. The van der Waals surface area contributed by atoms with E-state index in [0.29, 0.717) is 41.2 Å². The normalized spacial score (nSPS) is 11.0. The molecule has 160 valence electrons. The molecule has 0 spiro atoms. The molecule has 0 aliphatic rings. The highest BCUT2D eigenvalue weighted by atomic mass is 16.5. The van der Waals surface area contributed by atoms with E-state index in [4.69, 9.17) is 23.0 Å². The first kappa shape index (κ1) is 21.4. The molecule has 30 heavy (non-hydrogen) atoms. The van der Waals surface area contributed by atoms with Crippen LogP contribution < -0.4 is 9.47 Å². The number of hydrogen-bond acceptors (Lipinski definition) is 8. The van der Waals surface area contributed by atoms with Gasteiger partial charge in [0.25, 0.3) is 11.8 Å². The summed E-state index contributed by atoms with van der Waals surface area (Å²) in [5.41, 5.74) is 1.06. The van der Waals surface area contributed by atoms with E-state index in [2.05, 4.69) is 24.0 Å². The standard InChI is InChI=1S/C22H26N2O6/c1-13(2)8-9-27-18-7-6-16(11-19(18)26-5)22(25)28-12-20-23-24-21(30-20)17-10-14(3)29-15(17)4/h6-7,10-11,13H,8-9,12H2,1-5H3. The van der Waals surface area contributed by atoms with E-state index < -0.39 is 5.97 Å². The van der Waals surface area contributed by atoms with Crippen LogP contribution in [0, 0.1) is 19.8 Å². The molecule has 0 unspecified atom stereocenters. The van der Waals surface area contributed by atoms with Crippen LogP contribution in [0.2, 0.25) is 0 Å². The van der Waals surface area contributed by atoms with Gasteiger partial charge in [-0.25, -0.2) is 4.79 Å². The van der Waals surface area contributed by atoms with Gasteiger partial charge in [0.1, 0.15) is 11.5 Å². The molecular weight excluding hydrogens is 388 g/mol. The highest BCUT2D eigenvalue weighted by Gasteiger charge is 2.17. The maximum atomic E-state index is 12.4. The smallest absolute Gasteiger partial charge is 0.338 e. The van der Waals surface area contributed by atoms with Gasteiger partial charge in [-0.05, 0) is 50.5 Å². The summed E-state index contributed by atoms with van der Waals surface area (Å²) in [7, 11) is 1.53. The Morgan fingerprint density at radius 2 is 1.90 bits per heavy atom. The lowest BCUT2D eigenvalue weighted by Crippen LogP contribution is -2.07. The van der Waals surface area contributed by atoms with E-state index in [9.17, 15) is 4.79 Å². The second-order valence-electron chi connectivity index (χ2n) is 7.30. The van der Waals surface area contributed by atoms with Gasteiger partial charge in [-0.15, -0.1) is 10.2 Å². The third-order valence-corrected chi connectivity index (χ3v) is 4.42. The van der Waals surface area contributed by atoms with Crippen LogP contribution in [0.4, 0.5) is 0 Å². The first-order valence-electron chi connectivity index (χ1n) is 9.75. The summed E-state index contributed by atoms with van der Waals surface area (Å²) >= 11 is 0. The van der Waals surface area contributed by atoms with Gasteiger partial charge in [0.15, 0.2) is 18.1 Å². The molecular formula is C22H26N2O6. The number of methoxy groups -OCH3 is 1. The van der Waals surface area contributed by atoms with E-state index in [1.54, 1.807) is 18.2 Å². The van der Waals surface area contributed by atoms with Crippen LogP contribution in [0.5, 0.6) is 11.5 Å². The van der Waals surface area contributed by atoms with Gasteiger partial charge in [0.05, 0.1) is 24.8 Å². The summed E-state index contributed by atoms with van der Waals surface area (Å²) in [5, 5.41) is 7.91. The monoisotopic (exact) mass is 414 g/mol. The zero-order chi connectivity index (χ0) is 21.7. The SMILES string of the molecule is COc1cc(C(=O)OCc2nnc(-c3cc(C)oc3C)o2)ccc1OCCC(C)C. The first-order chi connectivity index (χ1) is 14.4. The number of rotatable bonds is 9. The molecule has 0 aliphatic carbocycles. The van der Waals surface area contributed by atoms with Gasteiger partial charge < -0.3 is 23.0 Å². The van der Waals surface area contributed by atoms with Gasteiger partial charge in [-0.2, -0.15) is 0 Å². The Hall–Kier alpha value is -3.29. The van der Waals surface area contributed by atoms with Crippen molar-refractivity contribution in [2.45, 2.75) is 40.7 Å². The largest absolute Gasteiger partial charge is 0.493 e. The van der Waals surface area contributed by atoms with Crippen molar-refractivity contribution in [1.82, 2.24) is 10.2 Å². The minimum absolute atomic E-state index is 0.142. The van der Waals surface area contributed by atoms with Gasteiger partial charge in [0.2, 0.25) is 0 Å². The molecule has 2 heterocycles. The lowest BCUT2D eigenvalue weighted by Gasteiger charge is -2.12. The van der Waals surface area contributed by atoms with Gasteiger partial charge in [-0.3, -0.25) is 0 Å². The van der Waals surface area contributed by atoms with Crippen molar-refractivity contribution in [2.24, 2.45) is 5.92 Å². The van der Waals surface area contributed by atoms with Crippen molar-refractivity contribution < 1.29 is 27.8 Å². The molecule has 0 bridgehead atoms. The van der Waals surface area contributed by atoms with Crippen molar-refractivity contribution in [3.8, 4) is 23.0 Å². The van der Waals surface area contributed by atoms with Crippen molar-refractivity contribution in [3.63, 3.8) is 0 Å². The maximum Gasteiger partial charge on any atom is 0.338 e. The molecule has 8 nitrogen and oxygen atoms in total. The fraction of sp³-hybridized carbons (Fsp3) is 0.409. The zero-order valence-corrected chi connectivity index (χ0v) is 17.9. The molecule has 2 aromatic heterocycles. The number of nitrogens with zero attached hydrogens (tertiary/aromatic N) is 2. The molecule has 0 saturated carbocycles. The van der Waals surface area contributed by atoms with Crippen molar-refractivity contribution >= 4 is 5.97 Å². The van der Waals surface area contributed by atoms with E-state index in [0.717, 1.165) is 17.7 Å². The molecule has 3 aromatic rings. The fourth-order valence-corrected chi connectivity index (χ4v) is 2.79. The zero-order valence-electron chi connectivity index (χ0n) is 17.9. The number of hydrogen-bond donors (Lipinski definition) is 0. The molecule has 0 saturated heterocycles. The van der Waals surface area contributed by atoms with Crippen LogP contribution in [-0.4, -0.2) is 29.9 Å². The lowest BCUT2D eigenvalue weighted by molar-refractivity contribution is 0.0438. The van der Waals surface area contributed by atoms with E-state index in [-0.39, 0.29) is 12.5 Å².